The van der Waals surface area contributed by atoms with E-state index in [4.69, 9.17) is 33.4 Å². The maximum Gasteiger partial charge on any atom is 2.00 e. The fourth-order valence-corrected chi connectivity index (χ4v) is 2.86. The molecule has 0 unspecified atom stereocenters. The fraction of sp³-hybridized carbons (Fsp3) is 0.182. The number of carboxylic acid groups (broad SMARTS) is 2. The first-order valence-corrected chi connectivity index (χ1v) is 9.87. The van der Waals surface area contributed by atoms with Crippen LogP contribution in [0.25, 0.3) is 12.2 Å². The third-order valence-corrected chi connectivity index (χ3v) is 4.15. The van der Waals surface area contributed by atoms with Gasteiger partial charge in [-0.15, -0.1) is 34.7 Å². The normalized spacial score (nSPS) is 10.4. The molecular weight excluding hydrogens is 538 g/mol. The Labute approximate surface area is 204 Å². The SMILES string of the molecule is O=C(O)C=Cc1ccc([O-])cc1CCCl.O=C(O)C=Cc1ccc([O-])cc1CCCl.[Pd+2]. The molecule has 0 saturated heterocycles. The number of hydrogen-bond acceptors (Lipinski definition) is 4. The molecular formula is C22H20Cl2O6Pd. The molecule has 0 radical (unpaired) electrons. The van der Waals surface area contributed by atoms with Gasteiger partial charge in [-0.3, -0.25) is 0 Å². The summed E-state index contributed by atoms with van der Waals surface area (Å²) in [4.78, 5) is 20.7. The molecule has 0 amide bonds. The van der Waals surface area contributed by atoms with E-state index in [9.17, 15) is 19.8 Å². The van der Waals surface area contributed by atoms with Gasteiger partial charge in [0.1, 0.15) is 0 Å². The topological polar surface area (TPSA) is 121 Å². The van der Waals surface area contributed by atoms with Crippen molar-refractivity contribution in [3.8, 4) is 11.5 Å². The number of hydrogen-bond donors (Lipinski definition) is 2. The summed E-state index contributed by atoms with van der Waals surface area (Å²) in [6.07, 6.45) is 6.11. The second-order valence-corrected chi connectivity index (χ2v) is 6.70. The van der Waals surface area contributed by atoms with E-state index >= 15 is 0 Å². The molecule has 0 fully saturated rings. The Kier molecular flexibility index (Phi) is 14.3. The number of rotatable bonds is 8. The summed E-state index contributed by atoms with van der Waals surface area (Å²) in [6.45, 7) is 0. The van der Waals surface area contributed by atoms with Gasteiger partial charge >= 0.3 is 32.4 Å². The van der Waals surface area contributed by atoms with Gasteiger partial charge in [-0.25, -0.2) is 9.59 Å². The van der Waals surface area contributed by atoms with Crippen molar-refractivity contribution in [2.45, 2.75) is 12.8 Å². The molecule has 0 aliphatic rings. The minimum Gasteiger partial charge on any atom is -0.872 e. The van der Waals surface area contributed by atoms with Crippen LogP contribution in [0, 0.1) is 0 Å². The number of carbonyl (C=O) groups is 2. The molecule has 0 spiro atoms. The average molecular weight is 558 g/mol. The van der Waals surface area contributed by atoms with E-state index in [1.807, 2.05) is 0 Å². The van der Waals surface area contributed by atoms with Crippen molar-refractivity contribution in [2.75, 3.05) is 11.8 Å². The second kappa shape index (κ2) is 15.5. The van der Waals surface area contributed by atoms with E-state index in [0.29, 0.717) is 24.6 Å². The Morgan fingerprint density at radius 2 is 1.13 bits per heavy atom. The fourth-order valence-electron chi connectivity index (χ4n) is 2.45. The molecule has 2 N–H and O–H groups in total. The number of aliphatic carboxylic acids is 2. The Bertz CT molecular complexity index is 853. The first-order chi connectivity index (χ1) is 14.3. The van der Waals surface area contributed by atoms with Crippen LogP contribution >= 0.6 is 23.2 Å². The van der Waals surface area contributed by atoms with Crippen LogP contribution in [0.15, 0.2) is 48.6 Å². The predicted octanol–water partition coefficient (Wildman–Crippen LogP) is 3.28. The van der Waals surface area contributed by atoms with Crippen molar-refractivity contribution in [1.82, 2.24) is 0 Å². The molecule has 31 heavy (non-hydrogen) atoms. The van der Waals surface area contributed by atoms with Crippen LogP contribution < -0.4 is 10.2 Å². The van der Waals surface area contributed by atoms with Crippen molar-refractivity contribution in [2.24, 2.45) is 0 Å². The standard InChI is InChI=1S/2C11H11ClO3.Pd/c2*12-6-5-9-7-10(13)3-1-8(9)2-4-11(14)15;/h2*1-4,7,13H,5-6H2,(H,14,15);/q;;+2/p-2. The molecule has 2 aromatic rings. The van der Waals surface area contributed by atoms with Crippen LogP contribution in [0.2, 0.25) is 0 Å². The van der Waals surface area contributed by atoms with Crippen LogP contribution in [0.1, 0.15) is 22.3 Å². The van der Waals surface area contributed by atoms with Crippen LogP contribution in [0.3, 0.4) is 0 Å². The number of benzene rings is 2. The van der Waals surface area contributed by atoms with Gasteiger partial charge in [0.05, 0.1) is 0 Å². The van der Waals surface area contributed by atoms with Gasteiger partial charge in [-0.1, -0.05) is 36.4 Å². The molecule has 0 aromatic heterocycles. The monoisotopic (exact) mass is 556 g/mol. The summed E-state index contributed by atoms with van der Waals surface area (Å²) in [5.74, 6) is -1.42. The van der Waals surface area contributed by atoms with Crippen molar-refractivity contribution in [3.05, 3.63) is 70.8 Å². The first kappa shape index (κ1) is 28.7. The van der Waals surface area contributed by atoms with Crippen LogP contribution in [0.4, 0.5) is 0 Å². The predicted molar refractivity (Wildman–Crippen MR) is 114 cm³/mol. The van der Waals surface area contributed by atoms with Gasteiger partial charge in [-0.05, 0) is 47.2 Å². The van der Waals surface area contributed by atoms with Crippen LogP contribution in [-0.2, 0) is 42.9 Å². The molecule has 0 aliphatic carbocycles. The van der Waals surface area contributed by atoms with Crippen molar-refractivity contribution >= 4 is 47.3 Å². The number of carboxylic acids is 2. The Morgan fingerprint density at radius 3 is 1.42 bits per heavy atom. The van der Waals surface area contributed by atoms with Crippen molar-refractivity contribution < 1.29 is 50.4 Å². The molecule has 0 saturated carbocycles. The van der Waals surface area contributed by atoms with Gasteiger partial charge in [0.2, 0.25) is 0 Å². The van der Waals surface area contributed by atoms with E-state index in [0.717, 1.165) is 34.4 Å². The minimum atomic E-state index is -1.02. The van der Waals surface area contributed by atoms with Crippen molar-refractivity contribution in [3.63, 3.8) is 0 Å². The summed E-state index contributed by atoms with van der Waals surface area (Å²) in [7, 11) is 0. The van der Waals surface area contributed by atoms with Gasteiger partial charge in [0.15, 0.2) is 0 Å². The summed E-state index contributed by atoms with van der Waals surface area (Å²) >= 11 is 11.2. The van der Waals surface area contributed by atoms with Gasteiger partial charge < -0.3 is 20.4 Å². The zero-order valence-corrected chi connectivity index (χ0v) is 19.3. The summed E-state index contributed by atoms with van der Waals surface area (Å²) in [5.41, 5.74) is 2.99. The minimum absolute atomic E-state index is 0. The third kappa shape index (κ3) is 11.6. The van der Waals surface area contributed by atoms with Gasteiger partial charge in [-0.2, -0.15) is 0 Å². The quantitative estimate of drug-likeness (QED) is 0.292. The first-order valence-electron chi connectivity index (χ1n) is 8.80. The van der Waals surface area contributed by atoms with E-state index in [2.05, 4.69) is 0 Å². The Morgan fingerprint density at radius 1 is 0.774 bits per heavy atom. The largest absolute Gasteiger partial charge is 2.00 e. The smallest absolute Gasteiger partial charge is 0.872 e. The molecule has 0 aliphatic heterocycles. The zero-order chi connectivity index (χ0) is 22.5. The summed E-state index contributed by atoms with van der Waals surface area (Å²) in [6, 6.07) is 8.96. The number of alkyl halides is 2. The maximum atomic E-state index is 11.1. The maximum absolute atomic E-state index is 11.1. The van der Waals surface area contributed by atoms with E-state index in [1.165, 1.54) is 36.4 Å². The molecule has 9 heteroatoms. The molecule has 2 aromatic carbocycles. The third-order valence-electron chi connectivity index (χ3n) is 3.77. The van der Waals surface area contributed by atoms with Crippen LogP contribution in [-0.4, -0.2) is 33.9 Å². The van der Waals surface area contributed by atoms with E-state index < -0.39 is 11.9 Å². The molecule has 2 rings (SSSR count). The Hall–Kier alpha value is -2.30. The summed E-state index contributed by atoms with van der Waals surface area (Å²) < 4.78 is 0. The van der Waals surface area contributed by atoms with Crippen molar-refractivity contribution in [1.29, 1.82) is 0 Å². The molecule has 0 atom stereocenters. The van der Waals surface area contributed by atoms with E-state index in [1.54, 1.807) is 12.1 Å². The van der Waals surface area contributed by atoms with Gasteiger partial charge in [0, 0.05) is 23.9 Å². The molecule has 168 valence electrons. The number of aryl methyl sites for hydroxylation is 2. The van der Waals surface area contributed by atoms with Crippen LogP contribution in [0.5, 0.6) is 11.5 Å². The number of halogens is 2. The zero-order valence-electron chi connectivity index (χ0n) is 16.2. The second-order valence-electron chi connectivity index (χ2n) is 5.94. The molecule has 0 bridgehead atoms. The van der Waals surface area contributed by atoms with Gasteiger partial charge in [0.25, 0.3) is 0 Å². The summed E-state index contributed by atoms with van der Waals surface area (Å²) in [5, 5.41) is 39.1. The molecule has 0 heterocycles. The van der Waals surface area contributed by atoms with E-state index in [-0.39, 0.29) is 31.9 Å². The Balaban J connectivity index is 0.000000562. The molecule has 6 nitrogen and oxygen atoms in total. The average Bonchev–Trinajstić information content (AvgIpc) is 2.67.